The van der Waals surface area contributed by atoms with Crippen LogP contribution in [0.4, 0.5) is 5.95 Å². The average molecular weight is 229 g/mol. The van der Waals surface area contributed by atoms with E-state index >= 15 is 0 Å². The van der Waals surface area contributed by atoms with Crippen LogP contribution in [0.5, 0.6) is 0 Å². The summed E-state index contributed by atoms with van der Waals surface area (Å²) in [6, 6.07) is 0. The van der Waals surface area contributed by atoms with E-state index in [1.165, 1.54) is 0 Å². The van der Waals surface area contributed by atoms with Crippen molar-refractivity contribution >= 4 is 17.5 Å². The van der Waals surface area contributed by atoms with E-state index in [4.69, 9.17) is 16.3 Å². The van der Waals surface area contributed by atoms with Gasteiger partial charge in [0.15, 0.2) is 5.15 Å². The number of hydrogen-bond acceptors (Lipinski definition) is 5. The van der Waals surface area contributed by atoms with Gasteiger partial charge < -0.3 is 10.1 Å². The van der Waals surface area contributed by atoms with Crippen LogP contribution in [0.25, 0.3) is 0 Å². The van der Waals surface area contributed by atoms with Gasteiger partial charge in [0.1, 0.15) is 0 Å². The maximum atomic E-state index is 5.72. The fraction of sp³-hybridized carbons (Fsp3) is 0.667. The maximum Gasteiger partial charge on any atom is 0.243 e. The van der Waals surface area contributed by atoms with Crippen molar-refractivity contribution in [3.05, 3.63) is 10.8 Å². The van der Waals surface area contributed by atoms with Crippen molar-refractivity contribution < 1.29 is 4.74 Å². The van der Waals surface area contributed by atoms with Gasteiger partial charge in [-0.25, -0.2) is 4.98 Å². The van der Waals surface area contributed by atoms with Crippen molar-refractivity contribution in [3.8, 4) is 0 Å². The van der Waals surface area contributed by atoms with Gasteiger partial charge >= 0.3 is 0 Å². The summed E-state index contributed by atoms with van der Waals surface area (Å²) in [6.07, 6.45) is 2.49. The van der Waals surface area contributed by atoms with Crippen molar-refractivity contribution in [2.45, 2.75) is 25.9 Å². The molecule has 0 amide bonds. The second-order valence-electron chi connectivity index (χ2n) is 3.53. The van der Waals surface area contributed by atoms with E-state index in [2.05, 4.69) is 20.5 Å². The smallest absolute Gasteiger partial charge is 0.243 e. The Morgan fingerprint density at radius 2 is 2.40 bits per heavy atom. The van der Waals surface area contributed by atoms with E-state index in [9.17, 15) is 0 Å². The molecule has 0 aliphatic carbocycles. The Morgan fingerprint density at radius 3 is 3.07 bits per heavy atom. The molecular formula is C9H13ClN4O. The zero-order valence-corrected chi connectivity index (χ0v) is 9.29. The van der Waals surface area contributed by atoms with Crippen LogP contribution < -0.4 is 5.32 Å². The quantitative estimate of drug-likeness (QED) is 0.848. The van der Waals surface area contributed by atoms with E-state index in [1.54, 1.807) is 6.92 Å². The van der Waals surface area contributed by atoms with Gasteiger partial charge in [-0.2, -0.15) is 0 Å². The minimum absolute atomic E-state index is 0.268. The Labute approximate surface area is 93.2 Å². The number of aromatic nitrogens is 3. The molecule has 2 rings (SSSR count). The molecule has 0 aromatic carbocycles. The van der Waals surface area contributed by atoms with Crippen molar-refractivity contribution in [3.63, 3.8) is 0 Å². The van der Waals surface area contributed by atoms with Crippen molar-refractivity contribution in [2.24, 2.45) is 0 Å². The lowest BCUT2D eigenvalue weighted by molar-refractivity contribution is 0.120. The van der Waals surface area contributed by atoms with Crippen molar-refractivity contribution in [1.82, 2.24) is 15.2 Å². The number of halogens is 1. The largest absolute Gasteiger partial charge is 0.376 e. The molecule has 0 bridgehead atoms. The minimum Gasteiger partial charge on any atom is -0.376 e. The van der Waals surface area contributed by atoms with Gasteiger partial charge in [0.25, 0.3) is 0 Å². The molecule has 15 heavy (non-hydrogen) atoms. The Balaban J connectivity index is 1.90. The summed E-state index contributed by atoms with van der Waals surface area (Å²) in [6.45, 7) is 3.38. The third kappa shape index (κ3) is 2.76. The number of aryl methyl sites for hydroxylation is 1. The van der Waals surface area contributed by atoms with Crippen LogP contribution in [0.2, 0.25) is 5.15 Å². The van der Waals surface area contributed by atoms with Crippen LogP contribution in [0.1, 0.15) is 18.5 Å². The summed E-state index contributed by atoms with van der Waals surface area (Å²) < 4.78 is 5.46. The summed E-state index contributed by atoms with van der Waals surface area (Å²) >= 11 is 5.72. The molecule has 2 heterocycles. The SMILES string of the molecule is Cc1nc(NC[C@@H]2CCCO2)nnc1Cl. The highest BCUT2D eigenvalue weighted by Gasteiger charge is 2.15. The zero-order chi connectivity index (χ0) is 10.7. The van der Waals surface area contributed by atoms with E-state index in [0.717, 1.165) is 26.0 Å². The summed E-state index contributed by atoms with van der Waals surface area (Å²) in [5, 5.41) is 11.0. The average Bonchev–Trinajstić information content (AvgIpc) is 2.73. The molecule has 0 spiro atoms. The second kappa shape index (κ2) is 4.72. The number of nitrogens with zero attached hydrogens (tertiary/aromatic N) is 3. The Bertz CT molecular complexity index is 341. The van der Waals surface area contributed by atoms with E-state index in [-0.39, 0.29) is 6.10 Å². The van der Waals surface area contributed by atoms with Crippen LogP contribution in [0, 0.1) is 6.92 Å². The zero-order valence-electron chi connectivity index (χ0n) is 8.53. The predicted octanol–water partition coefficient (Wildman–Crippen LogP) is 1.42. The third-order valence-corrected chi connectivity index (χ3v) is 2.67. The molecule has 1 aromatic rings. The second-order valence-corrected chi connectivity index (χ2v) is 3.89. The molecule has 1 atom stereocenters. The maximum absolute atomic E-state index is 5.72. The molecule has 1 aliphatic rings. The van der Waals surface area contributed by atoms with Crippen LogP contribution >= 0.6 is 11.6 Å². The Kier molecular flexibility index (Phi) is 3.33. The first-order chi connectivity index (χ1) is 7.25. The number of rotatable bonds is 3. The van der Waals surface area contributed by atoms with Crippen LogP contribution in [0.15, 0.2) is 0 Å². The number of nitrogens with one attached hydrogen (secondary N) is 1. The van der Waals surface area contributed by atoms with Crippen LogP contribution in [0.3, 0.4) is 0 Å². The summed E-state index contributed by atoms with van der Waals surface area (Å²) in [5.41, 5.74) is 0.682. The predicted molar refractivity (Wildman–Crippen MR) is 57.0 cm³/mol. The number of hydrogen-bond donors (Lipinski definition) is 1. The molecule has 5 nitrogen and oxygen atoms in total. The molecule has 0 saturated carbocycles. The lowest BCUT2D eigenvalue weighted by Crippen LogP contribution is -2.20. The summed E-state index contributed by atoms with van der Waals surface area (Å²) in [4.78, 5) is 4.16. The first-order valence-electron chi connectivity index (χ1n) is 4.98. The molecule has 0 radical (unpaired) electrons. The molecule has 1 aromatic heterocycles. The van der Waals surface area contributed by atoms with Crippen molar-refractivity contribution in [2.75, 3.05) is 18.5 Å². The molecule has 1 saturated heterocycles. The van der Waals surface area contributed by atoms with Gasteiger partial charge in [-0.05, 0) is 19.8 Å². The molecule has 1 N–H and O–H groups in total. The highest BCUT2D eigenvalue weighted by atomic mass is 35.5. The molecule has 6 heteroatoms. The van der Waals surface area contributed by atoms with Crippen molar-refractivity contribution in [1.29, 1.82) is 0 Å². The summed E-state index contributed by atoms with van der Waals surface area (Å²) in [5.74, 6) is 0.507. The summed E-state index contributed by atoms with van der Waals surface area (Å²) in [7, 11) is 0. The number of anilines is 1. The monoisotopic (exact) mass is 228 g/mol. The van der Waals surface area contributed by atoms with Gasteiger partial charge in [0.2, 0.25) is 5.95 Å². The lowest BCUT2D eigenvalue weighted by Gasteiger charge is -2.10. The topological polar surface area (TPSA) is 59.9 Å². The normalized spacial score (nSPS) is 20.5. The molecular weight excluding hydrogens is 216 g/mol. The molecule has 1 fully saturated rings. The first kappa shape index (κ1) is 10.6. The lowest BCUT2D eigenvalue weighted by atomic mass is 10.2. The fourth-order valence-electron chi connectivity index (χ4n) is 1.48. The Morgan fingerprint density at radius 1 is 1.53 bits per heavy atom. The van der Waals surface area contributed by atoms with E-state index < -0.39 is 0 Å². The van der Waals surface area contributed by atoms with Crippen LogP contribution in [-0.4, -0.2) is 34.4 Å². The van der Waals surface area contributed by atoms with Gasteiger partial charge in [-0.15, -0.1) is 10.2 Å². The third-order valence-electron chi connectivity index (χ3n) is 2.32. The highest BCUT2D eigenvalue weighted by molar-refractivity contribution is 6.29. The van der Waals surface area contributed by atoms with Gasteiger partial charge in [0.05, 0.1) is 11.8 Å². The van der Waals surface area contributed by atoms with E-state index in [1.807, 2.05) is 0 Å². The minimum atomic E-state index is 0.268. The first-order valence-corrected chi connectivity index (χ1v) is 5.36. The highest BCUT2D eigenvalue weighted by Crippen LogP contribution is 2.13. The van der Waals surface area contributed by atoms with Gasteiger partial charge in [-0.1, -0.05) is 11.6 Å². The Hall–Kier alpha value is -0.940. The van der Waals surface area contributed by atoms with Gasteiger partial charge in [0, 0.05) is 13.2 Å². The number of ether oxygens (including phenoxy) is 1. The molecule has 1 aliphatic heterocycles. The van der Waals surface area contributed by atoms with Crippen LogP contribution in [-0.2, 0) is 4.74 Å². The van der Waals surface area contributed by atoms with E-state index in [0.29, 0.717) is 16.8 Å². The van der Waals surface area contributed by atoms with Gasteiger partial charge in [-0.3, -0.25) is 0 Å². The molecule has 0 unspecified atom stereocenters. The fourth-order valence-corrected chi connectivity index (χ4v) is 1.56. The standard InChI is InChI=1S/C9H13ClN4O/c1-6-8(10)13-14-9(12-6)11-5-7-3-2-4-15-7/h7H,2-5H2,1H3,(H,11,12,14)/t7-/m0/s1. The molecule has 82 valence electrons.